The quantitative estimate of drug-likeness (QED) is 0.860. The van der Waals surface area contributed by atoms with Crippen LogP contribution in [-0.2, 0) is 9.53 Å². The Labute approximate surface area is 158 Å². The molecular weight excluding hydrogens is 348 g/mol. The Morgan fingerprint density at radius 3 is 2.74 bits per heavy atom. The summed E-state index contributed by atoms with van der Waals surface area (Å²) in [6.45, 7) is 10.7. The van der Waals surface area contributed by atoms with Crippen LogP contribution in [0.15, 0.2) is 12.4 Å². The highest BCUT2D eigenvalue weighted by atomic mass is 16.5. The largest absolute Gasteiger partial charge is 0.365 e. The molecule has 1 saturated heterocycles. The predicted molar refractivity (Wildman–Crippen MR) is 98.4 cm³/mol. The summed E-state index contributed by atoms with van der Waals surface area (Å²) in [7, 11) is 0. The number of carbonyl (C=O) groups is 2. The molecule has 0 spiro atoms. The van der Waals surface area contributed by atoms with Gasteiger partial charge in [-0.25, -0.2) is 9.50 Å². The van der Waals surface area contributed by atoms with Crippen LogP contribution in [0.2, 0.25) is 0 Å². The third-order valence-corrected chi connectivity index (χ3v) is 4.23. The molecule has 3 heterocycles. The maximum Gasteiger partial charge on any atom is 0.272 e. The number of aromatic nitrogens is 4. The van der Waals surface area contributed by atoms with Crippen molar-refractivity contribution < 1.29 is 14.3 Å². The number of fused-ring (bicyclic) bond motifs is 1. The summed E-state index contributed by atoms with van der Waals surface area (Å²) in [4.78, 5) is 35.5. The normalized spacial score (nSPS) is 18.1. The molecule has 2 aromatic heterocycles. The molecule has 9 nitrogen and oxygen atoms in total. The molecule has 0 radical (unpaired) electrons. The first-order valence-corrected chi connectivity index (χ1v) is 9.09. The van der Waals surface area contributed by atoms with Gasteiger partial charge in [0.05, 0.1) is 18.8 Å². The third kappa shape index (κ3) is 4.24. The van der Waals surface area contributed by atoms with E-state index in [2.05, 4.69) is 20.4 Å². The van der Waals surface area contributed by atoms with Gasteiger partial charge in [-0.2, -0.15) is 10.1 Å². The Morgan fingerprint density at radius 1 is 1.33 bits per heavy atom. The monoisotopic (exact) mass is 374 g/mol. The van der Waals surface area contributed by atoms with E-state index in [1.165, 1.54) is 6.33 Å². The number of nitrogens with one attached hydrogen (secondary N) is 1. The van der Waals surface area contributed by atoms with Crippen LogP contribution in [-0.4, -0.2) is 67.6 Å². The highest BCUT2D eigenvalue weighted by molar-refractivity contribution is 5.93. The molecule has 1 aliphatic rings. The van der Waals surface area contributed by atoms with Gasteiger partial charge in [0.2, 0.25) is 0 Å². The average Bonchev–Trinajstić information content (AvgIpc) is 3.07. The minimum absolute atomic E-state index is 0.152. The van der Waals surface area contributed by atoms with Gasteiger partial charge in [0, 0.05) is 12.1 Å². The van der Waals surface area contributed by atoms with Crippen molar-refractivity contribution in [2.24, 2.45) is 0 Å². The lowest BCUT2D eigenvalue weighted by atomic mass is 10.1. The molecule has 0 aromatic carbocycles. The Bertz CT molecular complexity index is 854. The van der Waals surface area contributed by atoms with E-state index in [0.29, 0.717) is 24.6 Å². The predicted octanol–water partition coefficient (Wildman–Crippen LogP) is 1.00. The number of nitrogens with zero attached hydrogens (tertiary/aromatic N) is 5. The minimum Gasteiger partial charge on any atom is -0.365 e. The second kappa shape index (κ2) is 7.22. The molecule has 27 heavy (non-hydrogen) atoms. The number of hydrogen-bond donors (Lipinski definition) is 1. The van der Waals surface area contributed by atoms with E-state index in [1.54, 1.807) is 15.5 Å². The summed E-state index contributed by atoms with van der Waals surface area (Å²) >= 11 is 0. The SMILES string of the molecule is CC(C)c1cc(C(=O)N2CCO[C@@H](C(=O)NC(C)(C)C)C2)nc2ncnn12. The van der Waals surface area contributed by atoms with E-state index in [4.69, 9.17) is 4.74 Å². The summed E-state index contributed by atoms with van der Waals surface area (Å²) < 4.78 is 7.21. The van der Waals surface area contributed by atoms with Crippen LogP contribution in [0.1, 0.15) is 56.7 Å². The van der Waals surface area contributed by atoms with Gasteiger partial charge in [-0.05, 0) is 32.8 Å². The van der Waals surface area contributed by atoms with Crippen LogP contribution < -0.4 is 5.32 Å². The standard InChI is InChI=1S/C18H26N6O3/c1-11(2)13-8-12(21-17-19-10-20-24(13)17)16(26)23-6-7-27-14(9-23)15(25)22-18(3,4)5/h8,10-11,14H,6-7,9H2,1-5H3,(H,22,25)/t14-/m1/s1. The number of rotatable bonds is 3. The van der Waals surface area contributed by atoms with Crippen molar-refractivity contribution in [2.45, 2.75) is 52.2 Å². The van der Waals surface area contributed by atoms with E-state index in [0.717, 1.165) is 5.69 Å². The molecule has 2 amide bonds. The molecule has 3 rings (SSSR count). The van der Waals surface area contributed by atoms with Crippen LogP contribution in [0.25, 0.3) is 5.78 Å². The molecular formula is C18H26N6O3. The van der Waals surface area contributed by atoms with Crippen molar-refractivity contribution in [1.82, 2.24) is 29.8 Å². The van der Waals surface area contributed by atoms with Gasteiger partial charge in [-0.15, -0.1) is 0 Å². The fourth-order valence-electron chi connectivity index (χ4n) is 2.96. The summed E-state index contributed by atoms with van der Waals surface area (Å²) in [5, 5.41) is 7.06. The maximum absolute atomic E-state index is 13.0. The molecule has 1 fully saturated rings. The van der Waals surface area contributed by atoms with Crippen molar-refractivity contribution in [1.29, 1.82) is 0 Å². The Kier molecular flexibility index (Phi) is 5.14. The molecule has 0 bridgehead atoms. The van der Waals surface area contributed by atoms with Gasteiger partial charge in [0.25, 0.3) is 17.6 Å². The Balaban J connectivity index is 1.81. The van der Waals surface area contributed by atoms with E-state index in [9.17, 15) is 9.59 Å². The molecule has 0 aliphatic carbocycles. The first-order chi connectivity index (χ1) is 12.7. The number of hydrogen-bond acceptors (Lipinski definition) is 6. The van der Waals surface area contributed by atoms with E-state index in [-0.39, 0.29) is 29.8 Å². The molecule has 9 heteroatoms. The summed E-state index contributed by atoms with van der Waals surface area (Å²) in [6.07, 6.45) is 0.729. The lowest BCUT2D eigenvalue weighted by molar-refractivity contribution is -0.138. The van der Waals surface area contributed by atoms with Crippen LogP contribution in [0.4, 0.5) is 0 Å². The first kappa shape index (κ1) is 19.2. The van der Waals surface area contributed by atoms with Crippen molar-refractivity contribution in [3.63, 3.8) is 0 Å². The number of morpholine rings is 1. The van der Waals surface area contributed by atoms with Crippen molar-refractivity contribution >= 4 is 17.6 Å². The summed E-state index contributed by atoms with van der Waals surface area (Å²) in [5.41, 5.74) is 0.798. The van der Waals surface area contributed by atoms with E-state index < -0.39 is 6.10 Å². The second-order valence-electron chi connectivity index (χ2n) is 8.04. The van der Waals surface area contributed by atoms with Gasteiger partial charge < -0.3 is 15.0 Å². The van der Waals surface area contributed by atoms with Gasteiger partial charge in [-0.3, -0.25) is 9.59 Å². The average molecular weight is 374 g/mol. The molecule has 0 unspecified atom stereocenters. The highest BCUT2D eigenvalue weighted by Gasteiger charge is 2.32. The zero-order valence-electron chi connectivity index (χ0n) is 16.4. The number of ether oxygens (including phenoxy) is 1. The summed E-state index contributed by atoms with van der Waals surface area (Å²) in [6, 6.07) is 1.74. The summed E-state index contributed by atoms with van der Waals surface area (Å²) in [5.74, 6) is 0.0848. The molecule has 2 aromatic rings. The van der Waals surface area contributed by atoms with Crippen molar-refractivity contribution in [3.05, 3.63) is 23.8 Å². The lowest BCUT2D eigenvalue weighted by Crippen LogP contribution is -2.54. The van der Waals surface area contributed by atoms with Gasteiger partial charge in [0.1, 0.15) is 12.0 Å². The van der Waals surface area contributed by atoms with Crippen LogP contribution in [0.3, 0.4) is 0 Å². The molecule has 146 valence electrons. The van der Waals surface area contributed by atoms with Crippen LogP contribution >= 0.6 is 0 Å². The number of carbonyl (C=O) groups excluding carboxylic acids is 2. The van der Waals surface area contributed by atoms with Gasteiger partial charge in [0.15, 0.2) is 6.10 Å². The molecule has 1 atom stereocenters. The second-order valence-corrected chi connectivity index (χ2v) is 8.04. The zero-order chi connectivity index (χ0) is 19.8. The van der Waals surface area contributed by atoms with Crippen LogP contribution in [0, 0.1) is 0 Å². The zero-order valence-corrected chi connectivity index (χ0v) is 16.4. The van der Waals surface area contributed by atoms with Gasteiger partial charge in [-0.1, -0.05) is 13.8 Å². The van der Waals surface area contributed by atoms with Crippen molar-refractivity contribution in [2.75, 3.05) is 19.7 Å². The van der Waals surface area contributed by atoms with Crippen molar-refractivity contribution in [3.8, 4) is 0 Å². The molecule has 0 saturated carbocycles. The maximum atomic E-state index is 13.0. The Hall–Kier alpha value is -2.55. The van der Waals surface area contributed by atoms with Gasteiger partial charge >= 0.3 is 0 Å². The smallest absolute Gasteiger partial charge is 0.272 e. The molecule has 1 N–H and O–H groups in total. The van der Waals surface area contributed by atoms with Crippen LogP contribution in [0.5, 0.6) is 0 Å². The third-order valence-electron chi connectivity index (χ3n) is 4.23. The fraction of sp³-hybridized carbons (Fsp3) is 0.611. The lowest BCUT2D eigenvalue weighted by Gasteiger charge is -2.33. The van der Waals surface area contributed by atoms with E-state index >= 15 is 0 Å². The number of amides is 2. The molecule has 1 aliphatic heterocycles. The highest BCUT2D eigenvalue weighted by Crippen LogP contribution is 2.18. The Morgan fingerprint density at radius 2 is 2.07 bits per heavy atom. The fourth-order valence-corrected chi connectivity index (χ4v) is 2.96. The van der Waals surface area contributed by atoms with E-state index in [1.807, 2.05) is 34.6 Å². The topological polar surface area (TPSA) is 102 Å². The first-order valence-electron chi connectivity index (χ1n) is 9.09. The minimum atomic E-state index is -0.691.